The Morgan fingerprint density at radius 3 is 2.33 bits per heavy atom. The third-order valence-electron chi connectivity index (χ3n) is 2.94. The van der Waals surface area contributed by atoms with Crippen LogP contribution in [0, 0.1) is 5.41 Å². The second-order valence-corrected chi connectivity index (χ2v) is 7.25. The summed E-state index contributed by atoms with van der Waals surface area (Å²) in [6.07, 6.45) is 2.58. The highest BCUT2D eigenvalue weighted by Gasteiger charge is 2.27. The summed E-state index contributed by atoms with van der Waals surface area (Å²) in [5.41, 5.74) is 0.195. The minimum atomic E-state index is -0.494. The van der Waals surface area contributed by atoms with E-state index >= 15 is 0 Å². The van der Waals surface area contributed by atoms with Gasteiger partial charge < -0.3 is 14.6 Å². The molecular formula is C16H26N2O3. The van der Waals surface area contributed by atoms with Gasteiger partial charge in [0, 0.05) is 18.8 Å². The standard InChI is InChI=1S/C16H26N2O3/c1-15(2,3)11-16(4,5)17-13(19)10-21-14(20)12-8-7-9-18(12)6/h7-9H,10-11H2,1-6H3,(H,17,19). The van der Waals surface area contributed by atoms with Crippen LogP contribution in [0.25, 0.3) is 0 Å². The maximum Gasteiger partial charge on any atom is 0.355 e. The molecule has 0 atom stereocenters. The number of amides is 1. The van der Waals surface area contributed by atoms with Crippen LogP contribution in [-0.4, -0.2) is 28.6 Å². The summed E-state index contributed by atoms with van der Waals surface area (Å²) < 4.78 is 6.69. The first-order valence-electron chi connectivity index (χ1n) is 7.10. The van der Waals surface area contributed by atoms with E-state index in [0.29, 0.717) is 5.69 Å². The number of hydrogen-bond acceptors (Lipinski definition) is 3. The van der Waals surface area contributed by atoms with E-state index in [9.17, 15) is 9.59 Å². The minimum Gasteiger partial charge on any atom is -0.451 e. The lowest BCUT2D eigenvalue weighted by Gasteiger charge is -2.33. The largest absolute Gasteiger partial charge is 0.451 e. The first-order valence-corrected chi connectivity index (χ1v) is 7.10. The fourth-order valence-electron chi connectivity index (χ4n) is 2.66. The summed E-state index contributed by atoms with van der Waals surface area (Å²) in [6, 6.07) is 3.41. The van der Waals surface area contributed by atoms with Gasteiger partial charge in [-0.1, -0.05) is 20.8 Å². The monoisotopic (exact) mass is 294 g/mol. The summed E-state index contributed by atoms with van der Waals surface area (Å²) in [5, 5.41) is 2.91. The van der Waals surface area contributed by atoms with E-state index in [2.05, 4.69) is 26.1 Å². The number of carbonyl (C=O) groups excluding carboxylic acids is 2. The minimum absolute atomic E-state index is 0.108. The molecule has 0 saturated heterocycles. The van der Waals surface area contributed by atoms with Crippen LogP contribution < -0.4 is 5.32 Å². The van der Waals surface area contributed by atoms with E-state index in [1.54, 1.807) is 29.9 Å². The van der Waals surface area contributed by atoms with Crippen molar-refractivity contribution < 1.29 is 14.3 Å². The average Bonchev–Trinajstić information content (AvgIpc) is 2.68. The van der Waals surface area contributed by atoms with Crippen molar-refractivity contribution in [1.82, 2.24) is 9.88 Å². The molecule has 1 rings (SSSR count). The van der Waals surface area contributed by atoms with Crippen LogP contribution in [0.15, 0.2) is 18.3 Å². The molecule has 0 aliphatic rings. The van der Waals surface area contributed by atoms with E-state index < -0.39 is 5.97 Å². The lowest BCUT2D eigenvalue weighted by atomic mass is 9.82. The van der Waals surface area contributed by atoms with Crippen molar-refractivity contribution >= 4 is 11.9 Å². The highest BCUT2D eigenvalue weighted by molar-refractivity contribution is 5.90. The number of nitrogens with one attached hydrogen (secondary N) is 1. The van der Waals surface area contributed by atoms with Crippen molar-refractivity contribution in [2.24, 2.45) is 12.5 Å². The lowest BCUT2D eigenvalue weighted by Crippen LogP contribution is -2.47. The van der Waals surface area contributed by atoms with Gasteiger partial charge >= 0.3 is 5.97 Å². The van der Waals surface area contributed by atoms with E-state index in [1.165, 1.54) is 0 Å². The Morgan fingerprint density at radius 2 is 1.86 bits per heavy atom. The molecule has 1 aromatic rings. The van der Waals surface area contributed by atoms with Gasteiger partial charge in [-0.05, 0) is 37.8 Å². The van der Waals surface area contributed by atoms with Gasteiger partial charge in [0.25, 0.3) is 5.91 Å². The fourth-order valence-corrected chi connectivity index (χ4v) is 2.66. The predicted molar refractivity (Wildman–Crippen MR) is 82.0 cm³/mol. The Balaban J connectivity index is 2.48. The summed E-state index contributed by atoms with van der Waals surface area (Å²) in [7, 11) is 1.75. The first kappa shape index (κ1) is 17.3. The fraction of sp³-hybridized carbons (Fsp3) is 0.625. The molecule has 1 N–H and O–H groups in total. The SMILES string of the molecule is Cn1cccc1C(=O)OCC(=O)NC(C)(C)CC(C)(C)C. The highest BCUT2D eigenvalue weighted by atomic mass is 16.5. The zero-order chi connectivity index (χ0) is 16.3. The smallest absolute Gasteiger partial charge is 0.355 e. The van der Waals surface area contributed by atoms with Crippen LogP contribution in [0.5, 0.6) is 0 Å². The van der Waals surface area contributed by atoms with Crippen LogP contribution in [0.3, 0.4) is 0 Å². The molecule has 1 amide bonds. The van der Waals surface area contributed by atoms with Crippen LogP contribution in [-0.2, 0) is 16.6 Å². The molecule has 118 valence electrons. The number of hydrogen-bond donors (Lipinski definition) is 1. The predicted octanol–water partition coefficient (Wildman–Crippen LogP) is 2.51. The molecule has 0 radical (unpaired) electrons. The molecule has 0 fully saturated rings. The molecule has 0 bridgehead atoms. The van der Waals surface area contributed by atoms with Crippen LogP contribution in [0.4, 0.5) is 0 Å². The topological polar surface area (TPSA) is 60.3 Å². The second kappa shape index (κ2) is 6.33. The Labute approximate surface area is 126 Å². The highest BCUT2D eigenvalue weighted by Crippen LogP contribution is 2.26. The summed E-state index contributed by atoms with van der Waals surface area (Å²) >= 11 is 0. The molecule has 0 saturated carbocycles. The zero-order valence-electron chi connectivity index (χ0n) is 13.8. The van der Waals surface area contributed by atoms with Crippen molar-refractivity contribution in [3.63, 3.8) is 0 Å². The molecular weight excluding hydrogens is 268 g/mol. The van der Waals surface area contributed by atoms with Crippen molar-refractivity contribution in [2.75, 3.05) is 6.61 Å². The normalized spacial score (nSPS) is 12.1. The number of rotatable bonds is 5. The molecule has 0 aliphatic heterocycles. The molecule has 1 aromatic heterocycles. The van der Waals surface area contributed by atoms with Gasteiger partial charge in [-0.2, -0.15) is 0 Å². The van der Waals surface area contributed by atoms with Crippen molar-refractivity contribution in [3.05, 3.63) is 24.0 Å². The third-order valence-corrected chi connectivity index (χ3v) is 2.94. The summed E-state index contributed by atoms with van der Waals surface area (Å²) in [6.45, 7) is 10.0. The summed E-state index contributed by atoms with van der Waals surface area (Å²) in [4.78, 5) is 23.7. The lowest BCUT2D eigenvalue weighted by molar-refractivity contribution is -0.126. The number of aromatic nitrogens is 1. The Kier molecular flexibility index (Phi) is 5.20. The maximum atomic E-state index is 11.9. The zero-order valence-corrected chi connectivity index (χ0v) is 13.8. The van der Waals surface area contributed by atoms with Crippen molar-refractivity contribution in [3.8, 4) is 0 Å². The van der Waals surface area contributed by atoms with Gasteiger partial charge in [-0.15, -0.1) is 0 Å². The number of carbonyl (C=O) groups is 2. The van der Waals surface area contributed by atoms with Gasteiger partial charge in [-0.3, -0.25) is 4.79 Å². The molecule has 0 spiro atoms. The quantitative estimate of drug-likeness (QED) is 0.849. The van der Waals surface area contributed by atoms with Gasteiger partial charge in [0.15, 0.2) is 6.61 Å². The van der Waals surface area contributed by atoms with Crippen LogP contribution in [0.1, 0.15) is 51.5 Å². The van der Waals surface area contributed by atoms with Crippen LogP contribution in [0.2, 0.25) is 0 Å². The van der Waals surface area contributed by atoms with E-state index in [0.717, 1.165) is 6.42 Å². The number of ether oxygens (including phenoxy) is 1. The van der Waals surface area contributed by atoms with Gasteiger partial charge in [-0.25, -0.2) is 4.79 Å². The summed E-state index contributed by atoms with van der Waals surface area (Å²) in [5.74, 6) is -0.780. The van der Waals surface area contributed by atoms with Crippen LogP contribution >= 0.6 is 0 Å². The first-order chi connectivity index (χ1) is 9.50. The van der Waals surface area contributed by atoms with Crippen molar-refractivity contribution in [1.29, 1.82) is 0 Å². The molecule has 5 heteroatoms. The van der Waals surface area contributed by atoms with Gasteiger partial charge in [0.2, 0.25) is 0 Å². The second-order valence-electron chi connectivity index (χ2n) is 7.25. The van der Waals surface area contributed by atoms with E-state index in [4.69, 9.17) is 4.74 Å². The Bertz CT molecular complexity index is 510. The number of aryl methyl sites for hydroxylation is 1. The van der Waals surface area contributed by atoms with Crippen molar-refractivity contribution in [2.45, 2.75) is 46.6 Å². The molecule has 5 nitrogen and oxygen atoms in total. The number of nitrogens with zero attached hydrogens (tertiary/aromatic N) is 1. The molecule has 0 aromatic carbocycles. The molecule has 0 unspecified atom stereocenters. The van der Waals surface area contributed by atoms with E-state index in [1.807, 2.05) is 13.8 Å². The average molecular weight is 294 g/mol. The Morgan fingerprint density at radius 1 is 1.24 bits per heavy atom. The van der Waals surface area contributed by atoms with E-state index in [-0.39, 0.29) is 23.5 Å². The van der Waals surface area contributed by atoms with Gasteiger partial charge in [0.05, 0.1) is 0 Å². The molecule has 21 heavy (non-hydrogen) atoms. The molecule has 1 heterocycles. The molecule has 0 aliphatic carbocycles. The number of esters is 1. The maximum absolute atomic E-state index is 11.9. The Hall–Kier alpha value is -1.78. The van der Waals surface area contributed by atoms with Gasteiger partial charge in [0.1, 0.15) is 5.69 Å². The third kappa shape index (κ3) is 6.02.